The number of nitrogens with zero attached hydrogens (tertiary/aromatic N) is 2. The van der Waals surface area contributed by atoms with Crippen molar-refractivity contribution in [3.8, 4) is 0 Å². The number of amides is 1. The van der Waals surface area contributed by atoms with Crippen molar-refractivity contribution in [2.45, 2.75) is 26.2 Å². The summed E-state index contributed by atoms with van der Waals surface area (Å²) in [6, 6.07) is 6.44. The van der Waals surface area contributed by atoms with Crippen LogP contribution in [0.25, 0.3) is 0 Å². The van der Waals surface area contributed by atoms with Gasteiger partial charge in [0.1, 0.15) is 5.82 Å². The van der Waals surface area contributed by atoms with E-state index >= 15 is 0 Å². The lowest BCUT2D eigenvalue weighted by Gasteiger charge is -2.02. The fourth-order valence-corrected chi connectivity index (χ4v) is 3.98. The Morgan fingerprint density at radius 2 is 2.24 bits per heavy atom. The van der Waals surface area contributed by atoms with Crippen LogP contribution in [0.15, 0.2) is 34.9 Å². The molecule has 0 bridgehead atoms. The predicted octanol–water partition coefficient (Wildman–Crippen LogP) is 4.73. The van der Waals surface area contributed by atoms with E-state index in [-0.39, 0.29) is 17.6 Å². The molecule has 0 saturated heterocycles. The number of anilines is 1. The standard InChI is InChI=1S/C17H16BrFN4OS/c1-9(2)14-13(18)15(23-22-14)16(24)21-17-20-8-12(25-17)7-10-4-3-5-11(19)6-10/h3-6,8-9H,7H2,1-2H3,(H,22,23)(H,20,21,24). The van der Waals surface area contributed by atoms with Crippen molar-refractivity contribution in [1.82, 2.24) is 15.2 Å². The fourth-order valence-electron chi connectivity index (χ4n) is 2.33. The molecule has 1 amide bonds. The summed E-state index contributed by atoms with van der Waals surface area (Å²) in [4.78, 5) is 17.5. The van der Waals surface area contributed by atoms with Crippen LogP contribution in [-0.2, 0) is 6.42 Å². The Kier molecular flexibility index (Phi) is 5.29. The molecule has 3 rings (SSSR count). The number of hydrogen-bond acceptors (Lipinski definition) is 4. The number of carbonyl (C=O) groups excluding carboxylic acids is 1. The van der Waals surface area contributed by atoms with E-state index in [1.165, 1.54) is 23.5 Å². The highest BCUT2D eigenvalue weighted by atomic mass is 79.9. The summed E-state index contributed by atoms with van der Waals surface area (Å²) in [7, 11) is 0. The summed E-state index contributed by atoms with van der Waals surface area (Å²) >= 11 is 4.77. The van der Waals surface area contributed by atoms with E-state index in [4.69, 9.17) is 0 Å². The highest BCUT2D eigenvalue weighted by Gasteiger charge is 2.20. The molecular formula is C17H16BrFN4OS. The molecule has 0 aliphatic heterocycles. The Morgan fingerprint density at radius 1 is 1.44 bits per heavy atom. The highest BCUT2D eigenvalue weighted by Crippen LogP contribution is 2.27. The molecule has 130 valence electrons. The van der Waals surface area contributed by atoms with E-state index in [1.807, 2.05) is 19.9 Å². The Morgan fingerprint density at radius 3 is 2.92 bits per heavy atom. The van der Waals surface area contributed by atoms with Gasteiger partial charge in [0.15, 0.2) is 10.8 Å². The van der Waals surface area contributed by atoms with Gasteiger partial charge in [0.25, 0.3) is 5.91 Å². The molecule has 3 aromatic rings. The van der Waals surface area contributed by atoms with Crippen LogP contribution in [0.2, 0.25) is 0 Å². The monoisotopic (exact) mass is 422 g/mol. The van der Waals surface area contributed by atoms with Gasteiger partial charge in [-0.25, -0.2) is 9.37 Å². The van der Waals surface area contributed by atoms with Crippen molar-refractivity contribution >= 4 is 38.3 Å². The zero-order valence-corrected chi connectivity index (χ0v) is 16.0. The number of aromatic amines is 1. The van der Waals surface area contributed by atoms with Crippen molar-refractivity contribution < 1.29 is 9.18 Å². The summed E-state index contributed by atoms with van der Waals surface area (Å²) in [5, 5.41) is 10.2. The van der Waals surface area contributed by atoms with Gasteiger partial charge in [0.05, 0.1) is 10.2 Å². The van der Waals surface area contributed by atoms with Crippen molar-refractivity contribution in [1.29, 1.82) is 0 Å². The second-order valence-corrected chi connectivity index (χ2v) is 7.76. The number of hydrogen-bond donors (Lipinski definition) is 2. The number of rotatable bonds is 5. The van der Waals surface area contributed by atoms with Crippen LogP contribution < -0.4 is 5.32 Å². The van der Waals surface area contributed by atoms with E-state index in [2.05, 4.69) is 36.4 Å². The molecule has 0 aliphatic rings. The van der Waals surface area contributed by atoms with Gasteiger partial charge < -0.3 is 0 Å². The maximum absolute atomic E-state index is 13.2. The van der Waals surface area contributed by atoms with Crippen LogP contribution in [0.1, 0.15) is 46.4 Å². The number of carbonyl (C=O) groups is 1. The Balaban J connectivity index is 1.70. The lowest BCUT2D eigenvalue weighted by atomic mass is 10.1. The Labute approximate surface area is 156 Å². The number of nitrogens with one attached hydrogen (secondary N) is 2. The molecule has 8 heteroatoms. The van der Waals surface area contributed by atoms with Gasteiger partial charge >= 0.3 is 0 Å². The molecule has 25 heavy (non-hydrogen) atoms. The SMILES string of the molecule is CC(C)c1[nH]nc(C(=O)Nc2ncc(Cc3cccc(F)c3)s2)c1Br. The largest absolute Gasteiger partial charge is 0.296 e. The number of aromatic nitrogens is 3. The van der Waals surface area contributed by atoms with E-state index < -0.39 is 0 Å². The first-order chi connectivity index (χ1) is 11.9. The van der Waals surface area contributed by atoms with E-state index in [9.17, 15) is 9.18 Å². The molecule has 0 unspecified atom stereocenters. The second kappa shape index (κ2) is 7.45. The van der Waals surface area contributed by atoms with E-state index in [0.29, 0.717) is 21.7 Å². The Hall–Kier alpha value is -2.06. The summed E-state index contributed by atoms with van der Waals surface area (Å²) in [5.74, 6) is -0.372. The van der Waals surface area contributed by atoms with Crippen molar-refractivity contribution in [3.63, 3.8) is 0 Å². The molecule has 2 N–H and O–H groups in total. The molecule has 0 radical (unpaired) electrons. The van der Waals surface area contributed by atoms with Gasteiger partial charge in [-0.2, -0.15) is 5.10 Å². The zero-order valence-electron chi connectivity index (χ0n) is 13.6. The van der Waals surface area contributed by atoms with Gasteiger partial charge in [0.2, 0.25) is 0 Å². The van der Waals surface area contributed by atoms with Crippen molar-refractivity contribution in [2.75, 3.05) is 5.32 Å². The third kappa shape index (κ3) is 4.13. The number of H-pyrrole nitrogens is 1. The van der Waals surface area contributed by atoms with Crippen molar-refractivity contribution in [3.05, 3.63) is 62.6 Å². The first kappa shape index (κ1) is 17.8. The smallest absolute Gasteiger partial charge is 0.279 e. The molecule has 0 atom stereocenters. The van der Waals surface area contributed by atoms with Gasteiger partial charge in [0, 0.05) is 17.5 Å². The van der Waals surface area contributed by atoms with Crippen LogP contribution in [0.3, 0.4) is 0 Å². The van der Waals surface area contributed by atoms with Gasteiger partial charge in [-0.05, 0) is 39.5 Å². The number of benzene rings is 1. The van der Waals surface area contributed by atoms with Crippen LogP contribution in [-0.4, -0.2) is 21.1 Å². The summed E-state index contributed by atoms with van der Waals surface area (Å²) < 4.78 is 13.9. The molecule has 1 aromatic carbocycles. The van der Waals surface area contributed by atoms with Crippen LogP contribution in [0.4, 0.5) is 9.52 Å². The summed E-state index contributed by atoms with van der Waals surface area (Å²) in [6.45, 7) is 4.03. The zero-order chi connectivity index (χ0) is 18.0. The summed E-state index contributed by atoms with van der Waals surface area (Å²) in [5.41, 5.74) is 2.03. The average molecular weight is 423 g/mol. The molecule has 2 heterocycles. The quantitative estimate of drug-likeness (QED) is 0.623. The highest BCUT2D eigenvalue weighted by molar-refractivity contribution is 9.10. The average Bonchev–Trinajstić information content (AvgIpc) is 3.14. The van der Waals surface area contributed by atoms with Crippen LogP contribution >= 0.6 is 27.3 Å². The first-order valence-electron chi connectivity index (χ1n) is 7.68. The minimum absolute atomic E-state index is 0.223. The van der Waals surface area contributed by atoms with E-state index in [1.54, 1.807) is 12.3 Å². The molecule has 2 aromatic heterocycles. The molecule has 0 saturated carbocycles. The number of thiazole rings is 1. The minimum Gasteiger partial charge on any atom is -0.296 e. The topological polar surface area (TPSA) is 70.7 Å². The molecule has 0 fully saturated rings. The molecule has 0 aliphatic carbocycles. The third-order valence-corrected chi connectivity index (χ3v) is 5.28. The first-order valence-corrected chi connectivity index (χ1v) is 9.29. The van der Waals surface area contributed by atoms with Crippen LogP contribution in [0.5, 0.6) is 0 Å². The van der Waals surface area contributed by atoms with E-state index in [0.717, 1.165) is 16.1 Å². The minimum atomic E-state index is -0.332. The summed E-state index contributed by atoms with van der Waals surface area (Å²) in [6.07, 6.45) is 2.25. The Bertz CT molecular complexity index is 906. The lowest BCUT2D eigenvalue weighted by Crippen LogP contribution is -2.12. The normalized spacial score (nSPS) is 11.1. The van der Waals surface area contributed by atoms with Crippen LogP contribution in [0, 0.1) is 5.82 Å². The molecule has 5 nitrogen and oxygen atoms in total. The maximum atomic E-state index is 13.2. The van der Waals surface area contributed by atoms with Crippen molar-refractivity contribution in [2.24, 2.45) is 0 Å². The third-order valence-electron chi connectivity index (χ3n) is 3.57. The fraction of sp³-hybridized carbons (Fsp3) is 0.235. The van der Waals surface area contributed by atoms with Gasteiger partial charge in [-0.3, -0.25) is 15.2 Å². The predicted molar refractivity (Wildman–Crippen MR) is 99.6 cm³/mol. The van der Waals surface area contributed by atoms with Gasteiger partial charge in [-0.1, -0.05) is 26.0 Å². The maximum Gasteiger partial charge on any atom is 0.279 e. The second-order valence-electron chi connectivity index (χ2n) is 5.85. The van der Waals surface area contributed by atoms with Gasteiger partial charge in [-0.15, -0.1) is 11.3 Å². The number of halogens is 2. The molecule has 0 spiro atoms. The molecular weight excluding hydrogens is 407 g/mol. The lowest BCUT2D eigenvalue weighted by molar-refractivity contribution is 0.102.